The number of aryl methyl sites for hydroxylation is 1. The van der Waals surface area contributed by atoms with Crippen LogP contribution in [0.25, 0.3) is 11.2 Å². The maximum absolute atomic E-state index is 14.4. The van der Waals surface area contributed by atoms with E-state index in [0.717, 1.165) is 0 Å². The standard InChI is InChI=1S/C16H21F4N5O5/c1-3-4-5-24-7-11(22-14(21)23-12(7)29-2)25(15(24)28)13-8(26)6(17)9(30-13)10(27)16(18,19)20/h6,8-10,13,26-27H,3-5H2,1-2H3,(H2,21,22,23)/t6-,8-,9+,10?,13-/m1/s1. The number of unbranched alkanes of at least 4 members (excludes halogenated alkanes) is 1. The highest BCUT2D eigenvalue weighted by Crippen LogP contribution is 2.38. The SMILES string of the molecule is CCCCn1c(=O)n([C@@H]2O[C@H](C(O)C(F)(F)F)[C@H](F)[C@H]2O)c2nc(N)nc(OC)c21. The fraction of sp³-hybridized carbons (Fsp3) is 0.688. The number of fused-ring (bicyclic) bond motifs is 1. The summed E-state index contributed by atoms with van der Waals surface area (Å²) in [6, 6.07) is 0. The van der Waals surface area contributed by atoms with Gasteiger partial charge in [-0.1, -0.05) is 13.3 Å². The lowest BCUT2D eigenvalue weighted by molar-refractivity contribution is -0.241. The van der Waals surface area contributed by atoms with Crippen LogP contribution in [0.4, 0.5) is 23.5 Å². The summed E-state index contributed by atoms with van der Waals surface area (Å²) in [6.07, 6.45) is -16.3. The van der Waals surface area contributed by atoms with Crippen molar-refractivity contribution in [3.05, 3.63) is 10.5 Å². The van der Waals surface area contributed by atoms with Gasteiger partial charge in [-0.2, -0.15) is 23.1 Å². The van der Waals surface area contributed by atoms with Crippen LogP contribution in [0, 0.1) is 0 Å². The number of alkyl halides is 4. The van der Waals surface area contributed by atoms with Gasteiger partial charge in [-0.05, 0) is 6.42 Å². The smallest absolute Gasteiger partial charge is 0.417 e. The fourth-order valence-electron chi connectivity index (χ4n) is 3.37. The minimum atomic E-state index is -5.19. The fourth-order valence-corrected chi connectivity index (χ4v) is 3.37. The molecule has 5 atom stereocenters. The molecule has 2 aromatic heterocycles. The predicted octanol–water partition coefficient (Wildman–Crippen LogP) is 0.503. The minimum Gasteiger partial charge on any atom is -0.479 e. The van der Waals surface area contributed by atoms with Gasteiger partial charge in [-0.3, -0.25) is 4.57 Å². The second-order valence-corrected chi connectivity index (χ2v) is 6.83. The first-order valence-electron chi connectivity index (χ1n) is 9.07. The molecule has 1 aliphatic rings. The number of nitrogens with zero attached hydrogens (tertiary/aromatic N) is 4. The van der Waals surface area contributed by atoms with Gasteiger partial charge < -0.3 is 25.4 Å². The largest absolute Gasteiger partial charge is 0.479 e. The lowest BCUT2D eigenvalue weighted by Gasteiger charge is -2.22. The summed E-state index contributed by atoms with van der Waals surface area (Å²) in [5.74, 6) is -0.405. The Morgan fingerprint density at radius 3 is 2.60 bits per heavy atom. The van der Waals surface area contributed by atoms with Gasteiger partial charge >= 0.3 is 11.9 Å². The molecule has 14 heteroatoms. The highest BCUT2D eigenvalue weighted by atomic mass is 19.4. The number of imidazole rings is 1. The number of aliphatic hydroxyl groups is 2. The molecular weight excluding hydrogens is 418 g/mol. The van der Waals surface area contributed by atoms with Gasteiger partial charge in [-0.15, -0.1) is 0 Å². The molecule has 0 saturated carbocycles. The third-order valence-electron chi connectivity index (χ3n) is 4.84. The second-order valence-electron chi connectivity index (χ2n) is 6.83. The van der Waals surface area contributed by atoms with Crippen LogP contribution in [0.1, 0.15) is 26.0 Å². The number of ether oxygens (including phenoxy) is 2. The van der Waals surface area contributed by atoms with Crippen LogP contribution in [0.2, 0.25) is 0 Å². The molecule has 30 heavy (non-hydrogen) atoms. The van der Waals surface area contributed by atoms with Gasteiger partial charge in [0.05, 0.1) is 7.11 Å². The summed E-state index contributed by atoms with van der Waals surface area (Å²) in [7, 11) is 1.27. The first-order chi connectivity index (χ1) is 14.0. The van der Waals surface area contributed by atoms with E-state index in [1.54, 1.807) is 0 Å². The van der Waals surface area contributed by atoms with E-state index in [9.17, 15) is 32.6 Å². The molecule has 0 radical (unpaired) electrons. The van der Waals surface area contributed by atoms with Crippen LogP contribution in [0.5, 0.6) is 5.88 Å². The molecule has 0 spiro atoms. The normalized spacial score (nSPS) is 25.7. The minimum absolute atomic E-state index is 0.0659. The number of halogens is 4. The summed E-state index contributed by atoms with van der Waals surface area (Å²) < 4.78 is 65.0. The van der Waals surface area contributed by atoms with Gasteiger partial charge in [0.25, 0.3) is 0 Å². The van der Waals surface area contributed by atoms with E-state index in [4.69, 9.17) is 15.2 Å². The zero-order chi connectivity index (χ0) is 22.4. The maximum atomic E-state index is 14.4. The molecule has 1 fully saturated rings. The molecule has 0 amide bonds. The number of anilines is 1. The zero-order valence-electron chi connectivity index (χ0n) is 16.0. The molecule has 168 valence electrons. The second kappa shape index (κ2) is 8.00. The van der Waals surface area contributed by atoms with E-state index in [-0.39, 0.29) is 29.5 Å². The number of rotatable bonds is 6. The van der Waals surface area contributed by atoms with E-state index in [1.807, 2.05) is 6.92 Å². The van der Waals surface area contributed by atoms with Crippen LogP contribution in [-0.4, -0.2) is 67.1 Å². The average Bonchev–Trinajstić information content (AvgIpc) is 3.11. The van der Waals surface area contributed by atoms with Crippen molar-refractivity contribution in [3.63, 3.8) is 0 Å². The molecule has 1 unspecified atom stereocenters. The topological polar surface area (TPSA) is 138 Å². The van der Waals surface area contributed by atoms with Crippen molar-refractivity contribution in [1.82, 2.24) is 19.1 Å². The highest BCUT2D eigenvalue weighted by molar-refractivity contribution is 5.78. The van der Waals surface area contributed by atoms with Crippen molar-refractivity contribution in [3.8, 4) is 5.88 Å². The molecule has 4 N–H and O–H groups in total. The number of methoxy groups -OCH3 is 1. The molecule has 2 aromatic rings. The van der Waals surface area contributed by atoms with Crippen LogP contribution >= 0.6 is 0 Å². The third-order valence-corrected chi connectivity index (χ3v) is 4.84. The third kappa shape index (κ3) is 3.58. The molecule has 3 heterocycles. The summed E-state index contributed by atoms with van der Waals surface area (Å²) >= 11 is 0. The summed E-state index contributed by atoms with van der Waals surface area (Å²) in [5.41, 5.74) is 4.65. The van der Waals surface area contributed by atoms with E-state index < -0.39 is 42.6 Å². The Hall–Kier alpha value is -2.45. The lowest BCUT2D eigenvalue weighted by atomic mass is 10.1. The molecule has 0 bridgehead atoms. The van der Waals surface area contributed by atoms with Gasteiger partial charge in [0, 0.05) is 6.54 Å². The Morgan fingerprint density at radius 1 is 1.37 bits per heavy atom. The van der Waals surface area contributed by atoms with Crippen LogP contribution in [0.3, 0.4) is 0 Å². The Labute approximate surface area is 166 Å². The summed E-state index contributed by atoms with van der Waals surface area (Å²) in [4.78, 5) is 20.9. The zero-order valence-corrected chi connectivity index (χ0v) is 16.0. The molecule has 3 rings (SSSR count). The summed E-state index contributed by atoms with van der Waals surface area (Å²) in [6.45, 7) is 2.04. The first-order valence-corrected chi connectivity index (χ1v) is 9.07. The number of hydrogen-bond donors (Lipinski definition) is 3. The van der Waals surface area contributed by atoms with Crippen LogP contribution in [-0.2, 0) is 11.3 Å². The van der Waals surface area contributed by atoms with Crippen molar-refractivity contribution in [2.75, 3.05) is 12.8 Å². The molecule has 0 aromatic carbocycles. The number of aliphatic hydroxyl groups excluding tert-OH is 2. The van der Waals surface area contributed by atoms with Crippen molar-refractivity contribution in [2.45, 2.75) is 63.2 Å². The quantitative estimate of drug-likeness (QED) is 0.554. The maximum Gasteiger partial charge on any atom is 0.417 e. The Kier molecular flexibility index (Phi) is 5.93. The van der Waals surface area contributed by atoms with Crippen LogP contribution in [0.15, 0.2) is 4.79 Å². The van der Waals surface area contributed by atoms with Crippen LogP contribution < -0.4 is 16.2 Å². The van der Waals surface area contributed by atoms with Crippen molar-refractivity contribution < 1.29 is 37.2 Å². The molecule has 1 aliphatic heterocycles. The van der Waals surface area contributed by atoms with E-state index >= 15 is 0 Å². The summed E-state index contributed by atoms with van der Waals surface area (Å²) in [5, 5.41) is 19.6. The number of aromatic nitrogens is 4. The van der Waals surface area contributed by atoms with Crippen molar-refractivity contribution in [2.24, 2.45) is 0 Å². The van der Waals surface area contributed by atoms with Gasteiger partial charge in [0.15, 0.2) is 29.7 Å². The Bertz CT molecular complexity index is 978. The van der Waals surface area contributed by atoms with E-state index in [2.05, 4.69) is 9.97 Å². The molecule has 1 saturated heterocycles. The van der Waals surface area contributed by atoms with E-state index in [0.29, 0.717) is 17.4 Å². The molecule has 0 aliphatic carbocycles. The number of hydrogen-bond acceptors (Lipinski definition) is 8. The lowest BCUT2D eigenvalue weighted by Crippen LogP contribution is -2.44. The molecular formula is C16H21F4N5O5. The number of nitrogen functional groups attached to an aromatic ring is 1. The highest BCUT2D eigenvalue weighted by Gasteiger charge is 2.56. The Balaban J connectivity index is 2.17. The van der Waals surface area contributed by atoms with Crippen molar-refractivity contribution >= 4 is 17.1 Å². The van der Waals surface area contributed by atoms with Crippen molar-refractivity contribution in [1.29, 1.82) is 0 Å². The monoisotopic (exact) mass is 439 g/mol. The van der Waals surface area contributed by atoms with Gasteiger partial charge in [0.2, 0.25) is 11.8 Å². The van der Waals surface area contributed by atoms with E-state index in [1.165, 1.54) is 11.7 Å². The Morgan fingerprint density at radius 2 is 2.03 bits per heavy atom. The first kappa shape index (κ1) is 22.2. The number of nitrogens with two attached hydrogens (primary N) is 1. The van der Waals surface area contributed by atoms with Gasteiger partial charge in [-0.25, -0.2) is 13.8 Å². The molecule has 10 nitrogen and oxygen atoms in total. The van der Waals surface area contributed by atoms with Gasteiger partial charge in [0.1, 0.15) is 12.2 Å². The average molecular weight is 439 g/mol. The predicted molar refractivity (Wildman–Crippen MR) is 94.5 cm³/mol.